The Bertz CT molecular complexity index is 818. The smallest absolute Gasteiger partial charge is 0.267 e. The van der Waals surface area contributed by atoms with Crippen molar-refractivity contribution in [3.05, 3.63) is 70.8 Å². The van der Waals surface area contributed by atoms with Gasteiger partial charge in [-0.2, -0.15) is 4.98 Å². The number of rotatable bonds is 5. The molecule has 5 nitrogen and oxygen atoms in total. The molecule has 2 aromatic carbocycles. The van der Waals surface area contributed by atoms with Crippen molar-refractivity contribution < 1.29 is 13.8 Å². The van der Waals surface area contributed by atoms with Gasteiger partial charge in [0.2, 0.25) is 5.82 Å². The third-order valence-electron chi connectivity index (χ3n) is 2.88. The van der Waals surface area contributed by atoms with E-state index in [1.807, 2.05) is 0 Å². The molecule has 0 saturated carbocycles. The summed E-state index contributed by atoms with van der Waals surface area (Å²) < 4.78 is 18.1. The summed E-state index contributed by atoms with van der Waals surface area (Å²) >= 11 is 5.83. The molecule has 0 amide bonds. The Balaban J connectivity index is 1.58. The normalized spacial score (nSPS) is 11.0. The second-order valence-corrected chi connectivity index (χ2v) is 5.02. The maximum atomic E-state index is 13.0. The minimum absolute atomic E-state index is 0.0202. The lowest BCUT2D eigenvalue weighted by molar-refractivity contribution is 0.107. The highest BCUT2D eigenvalue weighted by molar-refractivity contribution is 6.30. The van der Waals surface area contributed by atoms with Crippen LogP contribution in [-0.2, 0) is 11.4 Å². The van der Waals surface area contributed by atoms with Crippen molar-refractivity contribution in [1.82, 2.24) is 10.1 Å². The van der Waals surface area contributed by atoms with Gasteiger partial charge < -0.3 is 9.36 Å². The third kappa shape index (κ3) is 4.14. The van der Waals surface area contributed by atoms with E-state index < -0.39 is 0 Å². The third-order valence-corrected chi connectivity index (χ3v) is 3.14. The van der Waals surface area contributed by atoms with Crippen LogP contribution in [0.4, 0.5) is 4.39 Å². The highest BCUT2D eigenvalue weighted by Crippen LogP contribution is 2.18. The summed E-state index contributed by atoms with van der Waals surface area (Å²) in [6.45, 7) is 0.0202. The van der Waals surface area contributed by atoms with E-state index in [-0.39, 0.29) is 18.3 Å². The van der Waals surface area contributed by atoms with Gasteiger partial charge in [-0.15, -0.1) is 0 Å². The lowest BCUT2D eigenvalue weighted by atomic mass is 10.2. The SMILES string of the molecule is Fc1cccc(/C=N\OCc2nc(-c3ccc(Cl)cc3)no2)c1. The summed E-state index contributed by atoms with van der Waals surface area (Å²) in [6.07, 6.45) is 1.40. The Morgan fingerprint density at radius 3 is 2.83 bits per heavy atom. The lowest BCUT2D eigenvalue weighted by Gasteiger charge is -1.95. The molecule has 0 saturated heterocycles. The van der Waals surface area contributed by atoms with Crippen molar-refractivity contribution >= 4 is 17.8 Å². The Morgan fingerprint density at radius 1 is 1.22 bits per heavy atom. The number of oxime groups is 1. The van der Waals surface area contributed by atoms with E-state index in [1.165, 1.54) is 18.3 Å². The van der Waals surface area contributed by atoms with Crippen molar-refractivity contribution in [2.45, 2.75) is 6.61 Å². The van der Waals surface area contributed by atoms with Gasteiger partial charge in [0.05, 0.1) is 6.21 Å². The monoisotopic (exact) mass is 331 g/mol. The van der Waals surface area contributed by atoms with Crippen molar-refractivity contribution in [2.24, 2.45) is 5.16 Å². The van der Waals surface area contributed by atoms with Crippen LogP contribution in [0.3, 0.4) is 0 Å². The van der Waals surface area contributed by atoms with Crippen LogP contribution in [0, 0.1) is 5.82 Å². The summed E-state index contributed by atoms with van der Waals surface area (Å²) in [6, 6.07) is 13.1. The molecule has 0 aliphatic carbocycles. The zero-order valence-electron chi connectivity index (χ0n) is 11.8. The Labute approximate surface area is 136 Å². The zero-order chi connectivity index (χ0) is 16.1. The summed E-state index contributed by atoms with van der Waals surface area (Å²) in [7, 11) is 0. The van der Waals surface area contributed by atoms with E-state index in [9.17, 15) is 4.39 Å². The Kier molecular flexibility index (Phi) is 4.63. The first-order valence-electron chi connectivity index (χ1n) is 6.70. The fourth-order valence-electron chi connectivity index (χ4n) is 1.81. The molecule has 3 rings (SSSR count). The topological polar surface area (TPSA) is 60.5 Å². The molecular formula is C16H11ClFN3O2. The van der Waals surface area contributed by atoms with Crippen LogP contribution in [0.15, 0.2) is 58.2 Å². The van der Waals surface area contributed by atoms with E-state index in [2.05, 4.69) is 15.3 Å². The molecular weight excluding hydrogens is 321 g/mol. The van der Waals surface area contributed by atoms with Gasteiger partial charge in [0.25, 0.3) is 5.89 Å². The minimum Gasteiger partial charge on any atom is -0.386 e. The molecule has 0 N–H and O–H groups in total. The molecule has 0 aliphatic rings. The van der Waals surface area contributed by atoms with Gasteiger partial charge in [0.15, 0.2) is 6.61 Å². The summed E-state index contributed by atoms with van der Waals surface area (Å²) in [5.41, 5.74) is 1.38. The van der Waals surface area contributed by atoms with E-state index in [0.717, 1.165) is 5.56 Å². The van der Waals surface area contributed by atoms with Crippen LogP contribution in [0.5, 0.6) is 0 Å². The fraction of sp³-hybridized carbons (Fsp3) is 0.0625. The number of hydrogen-bond donors (Lipinski definition) is 0. The molecule has 0 atom stereocenters. The number of benzene rings is 2. The molecule has 0 aliphatic heterocycles. The molecule has 0 unspecified atom stereocenters. The second kappa shape index (κ2) is 7.02. The van der Waals surface area contributed by atoms with Gasteiger partial charge in [-0.25, -0.2) is 4.39 Å². The number of halogens is 2. The van der Waals surface area contributed by atoms with Gasteiger partial charge >= 0.3 is 0 Å². The van der Waals surface area contributed by atoms with Crippen LogP contribution < -0.4 is 0 Å². The van der Waals surface area contributed by atoms with Crippen LogP contribution in [0.2, 0.25) is 5.02 Å². The molecule has 3 aromatic rings. The average molecular weight is 332 g/mol. The van der Waals surface area contributed by atoms with Crippen molar-refractivity contribution in [1.29, 1.82) is 0 Å². The summed E-state index contributed by atoms with van der Waals surface area (Å²) in [5, 5.41) is 8.22. The Hall–Kier alpha value is -2.73. The predicted molar refractivity (Wildman–Crippen MR) is 83.5 cm³/mol. The van der Waals surface area contributed by atoms with Gasteiger partial charge in [0.1, 0.15) is 5.82 Å². The van der Waals surface area contributed by atoms with E-state index in [4.69, 9.17) is 21.0 Å². The molecule has 1 aromatic heterocycles. The Morgan fingerprint density at radius 2 is 2.04 bits per heavy atom. The van der Waals surface area contributed by atoms with Crippen molar-refractivity contribution in [3.63, 3.8) is 0 Å². The first-order valence-corrected chi connectivity index (χ1v) is 7.08. The molecule has 0 fully saturated rings. The van der Waals surface area contributed by atoms with Gasteiger partial charge in [-0.1, -0.05) is 34.0 Å². The van der Waals surface area contributed by atoms with Crippen LogP contribution in [-0.4, -0.2) is 16.4 Å². The maximum absolute atomic E-state index is 13.0. The molecule has 116 valence electrons. The largest absolute Gasteiger partial charge is 0.386 e. The van der Waals surface area contributed by atoms with Gasteiger partial charge in [-0.3, -0.25) is 0 Å². The van der Waals surface area contributed by atoms with Crippen LogP contribution in [0.25, 0.3) is 11.4 Å². The predicted octanol–water partition coefficient (Wildman–Crippen LogP) is 4.08. The average Bonchev–Trinajstić information content (AvgIpc) is 3.01. The lowest BCUT2D eigenvalue weighted by Crippen LogP contribution is -1.89. The van der Waals surface area contributed by atoms with Gasteiger partial charge in [-0.05, 0) is 42.0 Å². The van der Waals surface area contributed by atoms with E-state index in [0.29, 0.717) is 16.4 Å². The first kappa shape index (κ1) is 15.2. The van der Waals surface area contributed by atoms with Crippen LogP contribution in [0.1, 0.15) is 11.5 Å². The molecule has 7 heteroatoms. The highest BCUT2D eigenvalue weighted by Gasteiger charge is 2.08. The maximum Gasteiger partial charge on any atom is 0.267 e. The highest BCUT2D eigenvalue weighted by atomic mass is 35.5. The number of nitrogens with zero attached hydrogens (tertiary/aromatic N) is 3. The van der Waals surface area contributed by atoms with Gasteiger partial charge in [0, 0.05) is 10.6 Å². The minimum atomic E-state index is -0.335. The summed E-state index contributed by atoms with van der Waals surface area (Å²) in [5.74, 6) is 0.388. The standard InChI is InChI=1S/C16H11ClFN3O2/c17-13-6-4-12(5-7-13)16-20-15(23-21-16)10-22-19-9-11-2-1-3-14(18)8-11/h1-9H,10H2/b19-9-. The molecule has 0 bridgehead atoms. The summed E-state index contributed by atoms with van der Waals surface area (Å²) in [4.78, 5) is 9.25. The van der Waals surface area contributed by atoms with Crippen molar-refractivity contribution in [3.8, 4) is 11.4 Å². The quantitative estimate of drug-likeness (QED) is 0.522. The molecule has 23 heavy (non-hydrogen) atoms. The zero-order valence-corrected chi connectivity index (χ0v) is 12.6. The molecule has 0 radical (unpaired) electrons. The van der Waals surface area contributed by atoms with Crippen molar-refractivity contribution in [2.75, 3.05) is 0 Å². The second-order valence-electron chi connectivity index (χ2n) is 4.58. The molecule has 0 spiro atoms. The molecule has 1 heterocycles. The van der Waals surface area contributed by atoms with Crippen LogP contribution >= 0.6 is 11.6 Å². The van der Waals surface area contributed by atoms with E-state index >= 15 is 0 Å². The first-order chi connectivity index (χ1) is 11.2. The number of hydrogen-bond acceptors (Lipinski definition) is 5. The fourth-order valence-corrected chi connectivity index (χ4v) is 1.93. The number of aromatic nitrogens is 2. The van der Waals surface area contributed by atoms with E-state index in [1.54, 1.807) is 36.4 Å².